The smallest absolute Gasteiger partial charge is 0.274 e. The number of nitrogens with zero attached hydrogens (tertiary/aromatic N) is 3. The van der Waals surface area contributed by atoms with Gasteiger partial charge >= 0.3 is 0 Å². The molecule has 0 bridgehead atoms. The SMILES string of the molecule is CCN(CC(C)C)C(=O)c1c(N)cnn1CC. The van der Waals surface area contributed by atoms with E-state index in [1.54, 1.807) is 10.9 Å². The summed E-state index contributed by atoms with van der Waals surface area (Å²) in [6.07, 6.45) is 1.54. The molecule has 2 N–H and O–H groups in total. The second-order valence-corrected chi connectivity index (χ2v) is 4.50. The first-order chi connectivity index (χ1) is 8.01. The summed E-state index contributed by atoms with van der Waals surface area (Å²) in [5.41, 5.74) is 6.78. The summed E-state index contributed by atoms with van der Waals surface area (Å²) < 4.78 is 1.65. The zero-order chi connectivity index (χ0) is 13.0. The van der Waals surface area contributed by atoms with Crippen molar-refractivity contribution in [3.8, 4) is 0 Å². The Morgan fingerprint density at radius 2 is 2.18 bits per heavy atom. The lowest BCUT2D eigenvalue weighted by atomic mass is 10.2. The topological polar surface area (TPSA) is 64.2 Å². The molecule has 0 aromatic carbocycles. The van der Waals surface area contributed by atoms with Crippen LogP contribution in [0, 0.1) is 5.92 Å². The van der Waals surface area contributed by atoms with Crippen molar-refractivity contribution in [1.82, 2.24) is 14.7 Å². The Hall–Kier alpha value is -1.52. The molecule has 1 aromatic rings. The average molecular weight is 238 g/mol. The van der Waals surface area contributed by atoms with Gasteiger partial charge in [0.15, 0.2) is 0 Å². The first kappa shape index (κ1) is 13.5. The zero-order valence-electron chi connectivity index (χ0n) is 11.1. The van der Waals surface area contributed by atoms with Crippen molar-refractivity contribution in [2.75, 3.05) is 18.8 Å². The molecule has 0 aliphatic heterocycles. The monoisotopic (exact) mass is 238 g/mol. The van der Waals surface area contributed by atoms with Crippen LogP contribution in [-0.4, -0.2) is 33.7 Å². The van der Waals surface area contributed by atoms with Crippen molar-refractivity contribution in [3.63, 3.8) is 0 Å². The second-order valence-electron chi connectivity index (χ2n) is 4.50. The van der Waals surface area contributed by atoms with Crippen LogP contribution in [-0.2, 0) is 6.54 Å². The number of nitrogens with two attached hydrogens (primary N) is 1. The van der Waals surface area contributed by atoms with Gasteiger partial charge in [0.25, 0.3) is 5.91 Å². The molecule has 0 radical (unpaired) electrons. The van der Waals surface area contributed by atoms with Gasteiger partial charge in [0.1, 0.15) is 5.69 Å². The molecule has 96 valence electrons. The molecular weight excluding hydrogens is 216 g/mol. The standard InChI is InChI=1S/C12H22N4O/c1-5-15(8-9(3)4)12(17)11-10(13)7-14-16(11)6-2/h7,9H,5-6,8,13H2,1-4H3. The number of carbonyl (C=O) groups is 1. The van der Waals surface area contributed by atoms with E-state index in [1.807, 2.05) is 18.7 Å². The van der Waals surface area contributed by atoms with Crippen LogP contribution in [0.5, 0.6) is 0 Å². The number of amides is 1. The minimum Gasteiger partial charge on any atom is -0.396 e. The first-order valence-corrected chi connectivity index (χ1v) is 6.11. The summed E-state index contributed by atoms with van der Waals surface area (Å²) in [5, 5.41) is 4.10. The van der Waals surface area contributed by atoms with Crippen LogP contribution in [0.4, 0.5) is 5.69 Å². The Balaban J connectivity index is 2.97. The predicted molar refractivity (Wildman–Crippen MR) is 68.7 cm³/mol. The summed E-state index contributed by atoms with van der Waals surface area (Å²) in [6.45, 7) is 10.2. The number of rotatable bonds is 5. The molecule has 1 rings (SSSR count). The van der Waals surface area contributed by atoms with Crippen molar-refractivity contribution < 1.29 is 4.79 Å². The minimum absolute atomic E-state index is 0.0296. The van der Waals surface area contributed by atoms with E-state index < -0.39 is 0 Å². The molecule has 17 heavy (non-hydrogen) atoms. The fourth-order valence-electron chi connectivity index (χ4n) is 1.82. The third kappa shape index (κ3) is 2.99. The molecule has 1 aromatic heterocycles. The van der Waals surface area contributed by atoms with Crippen molar-refractivity contribution in [2.24, 2.45) is 5.92 Å². The molecule has 1 amide bonds. The van der Waals surface area contributed by atoms with E-state index in [0.29, 0.717) is 30.4 Å². The number of anilines is 1. The highest BCUT2D eigenvalue weighted by molar-refractivity contribution is 5.97. The minimum atomic E-state index is -0.0296. The summed E-state index contributed by atoms with van der Waals surface area (Å²) in [5.74, 6) is 0.413. The van der Waals surface area contributed by atoms with Gasteiger partial charge in [-0.05, 0) is 19.8 Å². The van der Waals surface area contributed by atoms with Gasteiger partial charge in [-0.15, -0.1) is 0 Å². The quantitative estimate of drug-likeness (QED) is 0.847. The molecule has 0 aliphatic rings. The zero-order valence-corrected chi connectivity index (χ0v) is 11.1. The molecule has 0 unspecified atom stereocenters. The summed E-state index contributed by atoms with van der Waals surface area (Å²) >= 11 is 0. The van der Waals surface area contributed by atoms with Gasteiger partial charge in [-0.1, -0.05) is 13.8 Å². The Kier molecular flexibility index (Phi) is 4.54. The lowest BCUT2D eigenvalue weighted by molar-refractivity contribution is 0.0734. The van der Waals surface area contributed by atoms with E-state index in [2.05, 4.69) is 18.9 Å². The Labute approximate surface area is 103 Å². The second kappa shape index (κ2) is 5.70. The summed E-state index contributed by atoms with van der Waals surface area (Å²) in [7, 11) is 0. The predicted octanol–water partition coefficient (Wildman–Crippen LogP) is 1.60. The number of hydrogen-bond donors (Lipinski definition) is 1. The number of hydrogen-bond acceptors (Lipinski definition) is 3. The van der Waals surface area contributed by atoms with Crippen LogP contribution in [0.1, 0.15) is 38.2 Å². The van der Waals surface area contributed by atoms with Crippen LogP contribution in [0.15, 0.2) is 6.20 Å². The van der Waals surface area contributed by atoms with Crippen molar-refractivity contribution in [2.45, 2.75) is 34.2 Å². The third-order valence-corrected chi connectivity index (χ3v) is 2.62. The van der Waals surface area contributed by atoms with E-state index in [4.69, 9.17) is 5.73 Å². The lowest BCUT2D eigenvalue weighted by Gasteiger charge is -2.23. The van der Waals surface area contributed by atoms with E-state index in [9.17, 15) is 4.79 Å². The van der Waals surface area contributed by atoms with Gasteiger partial charge in [0.05, 0.1) is 11.9 Å². The maximum Gasteiger partial charge on any atom is 0.274 e. The number of nitrogen functional groups attached to an aromatic ring is 1. The molecule has 5 heteroatoms. The maximum absolute atomic E-state index is 12.4. The highest BCUT2D eigenvalue weighted by Gasteiger charge is 2.21. The average Bonchev–Trinajstić information content (AvgIpc) is 2.66. The molecule has 0 saturated carbocycles. The third-order valence-electron chi connectivity index (χ3n) is 2.62. The molecule has 0 fully saturated rings. The van der Waals surface area contributed by atoms with Gasteiger partial charge in [-0.25, -0.2) is 0 Å². The van der Waals surface area contributed by atoms with E-state index in [-0.39, 0.29) is 5.91 Å². The van der Waals surface area contributed by atoms with Crippen molar-refractivity contribution >= 4 is 11.6 Å². The van der Waals surface area contributed by atoms with Crippen LogP contribution in [0.3, 0.4) is 0 Å². The largest absolute Gasteiger partial charge is 0.396 e. The molecule has 5 nitrogen and oxygen atoms in total. The van der Waals surface area contributed by atoms with Gasteiger partial charge in [0.2, 0.25) is 0 Å². The Morgan fingerprint density at radius 1 is 1.53 bits per heavy atom. The first-order valence-electron chi connectivity index (χ1n) is 6.11. The van der Waals surface area contributed by atoms with Crippen LogP contribution >= 0.6 is 0 Å². The van der Waals surface area contributed by atoms with Gasteiger partial charge < -0.3 is 10.6 Å². The Bertz CT molecular complexity index is 384. The van der Waals surface area contributed by atoms with Crippen LogP contribution in [0.25, 0.3) is 0 Å². The number of aromatic nitrogens is 2. The summed E-state index contributed by atoms with van der Waals surface area (Å²) in [6, 6.07) is 0. The van der Waals surface area contributed by atoms with Crippen LogP contribution in [0.2, 0.25) is 0 Å². The normalized spacial score (nSPS) is 10.9. The molecule has 0 aliphatic carbocycles. The fraction of sp³-hybridized carbons (Fsp3) is 0.667. The molecule has 1 heterocycles. The van der Waals surface area contributed by atoms with Crippen molar-refractivity contribution in [3.05, 3.63) is 11.9 Å². The van der Waals surface area contributed by atoms with Gasteiger partial charge in [-0.3, -0.25) is 9.48 Å². The lowest BCUT2D eigenvalue weighted by Crippen LogP contribution is -2.35. The highest BCUT2D eigenvalue weighted by Crippen LogP contribution is 2.14. The van der Waals surface area contributed by atoms with Gasteiger partial charge in [0, 0.05) is 19.6 Å². The van der Waals surface area contributed by atoms with Crippen LogP contribution < -0.4 is 5.73 Å². The molecule has 0 saturated heterocycles. The molecule has 0 atom stereocenters. The number of carbonyl (C=O) groups excluding carboxylic acids is 1. The number of aryl methyl sites for hydroxylation is 1. The van der Waals surface area contributed by atoms with Crippen molar-refractivity contribution in [1.29, 1.82) is 0 Å². The highest BCUT2D eigenvalue weighted by atomic mass is 16.2. The van der Waals surface area contributed by atoms with E-state index >= 15 is 0 Å². The maximum atomic E-state index is 12.4. The van der Waals surface area contributed by atoms with E-state index in [1.165, 1.54) is 0 Å². The fourth-order valence-corrected chi connectivity index (χ4v) is 1.82. The molecule has 0 spiro atoms. The Morgan fingerprint density at radius 3 is 2.65 bits per heavy atom. The van der Waals surface area contributed by atoms with E-state index in [0.717, 1.165) is 6.54 Å². The summed E-state index contributed by atoms with van der Waals surface area (Å²) in [4.78, 5) is 14.2. The molecular formula is C12H22N4O. The van der Waals surface area contributed by atoms with Gasteiger partial charge in [-0.2, -0.15) is 5.10 Å².